The molecule has 1 heterocycles. The predicted molar refractivity (Wildman–Crippen MR) is 74.5 cm³/mol. The van der Waals surface area contributed by atoms with Gasteiger partial charge in [-0.05, 0) is 58.8 Å². The molecule has 0 aromatic carbocycles. The van der Waals surface area contributed by atoms with Crippen LogP contribution >= 0.6 is 0 Å². The number of aliphatic carboxylic acids is 1. The molecule has 1 saturated heterocycles. The van der Waals surface area contributed by atoms with Gasteiger partial charge in [-0.3, -0.25) is 4.79 Å². The van der Waals surface area contributed by atoms with E-state index >= 15 is 0 Å². The minimum absolute atomic E-state index is 0.0116. The number of likely N-dealkylation sites (tertiary alicyclic amines) is 1. The maximum Gasteiger partial charge on any atom is 0.410 e. The van der Waals surface area contributed by atoms with Gasteiger partial charge in [-0.25, -0.2) is 4.79 Å². The van der Waals surface area contributed by atoms with Crippen LogP contribution in [0.1, 0.15) is 53.4 Å². The van der Waals surface area contributed by atoms with Crippen molar-refractivity contribution in [1.82, 2.24) is 4.90 Å². The van der Waals surface area contributed by atoms with Crippen LogP contribution in [-0.2, 0) is 9.53 Å². The van der Waals surface area contributed by atoms with Crippen LogP contribution < -0.4 is 0 Å². The first-order chi connectivity index (χ1) is 9.05. The molecule has 1 aliphatic carbocycles. The van der Waals surface area contributed by atoms with Gasteiger partial charge in [0.25, 0.3) is 0 Å². The fourth-order valence-electron chi connectivity index (χ4n) is 3.73. The van der Waals surface area contributed by atoms with E-state index in [1.54, 1.807) is 11.8 Å². The monoisotopic (exact) mass is 283 g/mol. The lowest BCUT2D eigenvalue weighted by Gasteiger charge is -2.56. The summed E-state index contributed by atoms with van der Waals surface area (Å²) >= 11 is 0. The van der Waals surface area contributed by atoms with Gasteiger partial charge in [-0.15, -0.1) is 0 Å². The smallest absolute Gasteiger partial charge is 0.410 e. The van der Waals surface area contributed by atoms with Crippen LogP contribution in [0.5, 0.6) is 0 Å². The molecule has 0 atom stereocenters. The third-order valence-electron chi connectivity index (χ3n) is 4.36. The summed E-state index contributed by atoms with van der Waals surface area (Å²) in [5, 5.41) is 9.23. The maximum absolute atomic E-state index is 12.1. The van der Waals surface area contributed by atoms with Gasteiger partial charge in [0.15, 0.2) is 0 Å². The van der Waals surface area contributed by atoms with E-state index in [1.807, 2.05) is 20.8 Å². The van der Waals surface area contributed by atoms with Crippen molar-refractivity contribution in [3.8, 4) is 0 Å². The van der Waals surface area contributed by atoms with Crippen molar-refractivity contribution < 1.29 is 19.4 Å². The van der Waals surface area contributed by atoms with E-state index in [0.717, 1.165) is 12.8 Å². The van der Waals surface area contributed by atoms with Gasteiger partial charge < -0.3 is 14.7 Å². The molecule has 2 rings (SSSR count). The van der Waals surface area contributed by atoms with E-state index in [9.17, 15) is 14.7 Å². The molecule has 5 heteroatoms. The van der Waals surface area contributed by atoms with E-state index in [2.05, 4.69) is 0 Å². The number of piperidine rings is 1. The molecule has 0 unspecified atom stereocenters. The zero-order valence-electron chi connectivity index (χ0n) is 12.9. The third kappa shape index (κ3) is 2.91. The number of carboxylic acid groups (broad SMARTS) is 1. The summed E-state index contributed by atoms with van der Waals surface area (Å²) in [6.45, 7) is 8.71. The highest BCUT2D eigenvalue weighted by molar-refractivity contribution is 5.76. The molecule has 1 amide bonds. The molecule has 1 N–H and O–H groups in total. The topological polar surface area (TPSA) is 66.8 Å². The van der Waals surface area contributed by atoms with E-state index in [1.165, 1.54) is 0 Å². The fraction of sp³-hybridized carbons (Fsp3) is 0.867. The van der Waals surface area contributed by atoms with Gasteiger partial charge in [0.1, 0.15) is 5.60 Å². The Bertz CT molecular complexity index is 418. The normalized spacial score (nSPS) is 33.7. The van der Waals surface area contributed by atoms with Crippen LogP contribution in [-0.4, -0.2) is 40.8 Å². The highest BCUT2D eigenvalue weighted by Gasteiger charge is 2.57. The highest BCUT2D eigenvalue weighted by Crippen LogP contribution is 2.58. The van der Waals surface area contributed by atoms with Gasteiger partial charge in [0.2, 0.25) is 0 Å². The molecule has 1 aliphatic heterocycles. The number of carbonyl (C=O) groups is 2. The minimum atomic E-state index is -0.725. The second kappa shape index (κ2) is 4.64. The molecule has 1 saturated carbocycles. The summed E-state index contributed by atoms with van der Waals surface area (Å²) in [5.41, 5.74) is -1.11. The first-order valence-corrected chi connectivity index (χ1v) is 7.27. The lowest BCUT2D eigenvalue weighted by atomic mass is 9.51. The average molecular weight is 283 g/mol. The van der Waals surface area contributed by atoms with Crippen LogP contribution in [0, 0.1) is 10.8 Å². The van der Waals surface area contributed by atoms with Gasteiger partial charge in [0, 0.05) is 13.1 Å². The van der Waals surface area contributed by atoms with E-state index in [0.29, 0.717) is 25.9 Å². The number of ether oxygens (including phenoxy) is 1. The van der Waals surface area contributed by atoms with Gasteiger partial charge in [0.05, 0.1) is 5.41 Å². The Balaban J connectivity index is 1.97. The second-order valence-corrected chi connectivity index (χ2v) is 7.72. The summed E-state index contributed by atoms with van der Waals surface area (Å²) < 4.78 is 5.41. The van der Waals surface area contributed by atoms with Crippen molar-refractivity contribution in [2.24, 2.45) is 10.8 Å². The molecular weight excluding hydrogens is 258 g/mol. The first-order valence-electron chi connectivity index (χ1n) is 7.27. The molecule has 0 aromatic rings. The van der Waals surface area contributed by atoms with Crippen LogP contribution in [0.15, 0.2) is 0 Å². The number of rotatable bonds is 1. The number of carbonyl (C=O) groups excluding carboxylic acids is 1. The van der Waals surface area contributed by atoms with Crippen molar-refractivity contribution >= 4 is 12.1 Å². The van der Waals surface area contributed by atoms with Crippen LogP contribution in [0.25, 0.3) is 0 Å². The van der Waals surface area contributed by atoms with Gasteiger partial charge in [-0.2, -0.15) is 0 Å². The fourth-order valence-corrected chi connectivity index (χ4v) is 3.73. The number of amides is 1. The van der Waals surface area contributed by atoms with E-state index in [-0.39, 0.29) is 11.5 Å². The maximum atomic E-state index is 12.1. The Kier molecular flexibility index (Phi) is 3.51. The number of carboxylic acids is 1. The van der Waals surface area contributed by atoms with Gasteiger partial charge >= 0.3 is 12.1 Å². The predicted octanol–water partition coefficient (Wildman–Crippen LogP) is 2.89. The van der Waals surface area contributed by atoms with Crippen LogP contribution in [0.3, 0.4) is 0 Å². The highest BCUT2D eigenvalue weighted by atomic mass is 16.6. The average Bonchev–Trinajstić information content (AvgIpc) is 2.24. The first kappa shape index (κ1) is 15.1. The second-order valence-electron chi connectivity index (χ2n) is 7.72. The summed E-state index contributed by atoms with van der Waals surface area (Å²) in [7, 11) is 0. The SMILES string of the molecule is CC(C)(C)OC(=O)N1CCCC2(C1)CC(C)(C(=O)O)C2. The third-order valence-corrected chi connectivity index (χ3v) is 4.36. The van der Waals surface area contributed by atoms with Crippen molar-refractivity contribution in [2.75, 3.05) is 13.1 Å². The molecule has 0 aromatic heterocycles. The van der Waals surface area contributed by atoms with Crippen LogP contribution in [0.4, 0.5) is 4.79 Å². The number of hydrogen-bond acceptors (Lipinski definition) is 3. The molecule has 114 valence electrons. The van der Waals surface area contributed by atoms with Crippen molar-refractivity contribution in [3.05, 3.63) is 0 Å². The number of hydrogen-bond donors (Lipinski definition) is 1. The molecule has 20 heavy (non-hydrogen) atoms. The summed E-state index contributed by atoms with van der Waals surface area (Å²) in [5.74, 6) is -0.725. The lowest BCUT2D eigenvalue weighted by molar-refractivity contribution is -0.167. The molecule has 2 fully saturated rings. The largest absolute Gasteiger partial charge is 0.481 e. The Morgan fingerprint density at radius 3 is 2.35 bits per heavy atom. The summed E-state index contributed by atoms with van der Waals surface area (Å²) in [4.78, 5) is 25.1. The van der Waals surface area contributed by atoms with E-state index < -0.39 is 17.0 Å². The van der Waals surface area contributed by atoms with Crippen molar-refractivity contribution in [2.45, 2.75) is 59.0 Å². The molecular formula is C15H25NO4. The Hall–Kier alpha value is -1.26. The molecule has 0 bridgehead atoms. The molecule has 0 radical (unpaired) electrons. The van der Waals surface area contributed by atoms with E-state index in [4.69, 9.17) is 4.74 Å². The summed E-state index contributed by atoms with van der Waals surface area (Å²) in [6, 6.07) is 0. The summed E-state index contributed by atoms with van der Waals surface area (Å²) in [6.07, 6.45) is 2.98. The van der Waals surface area contributed by atoms with Crippen molar-refractivity contribution in [3.63, 3.8) is 0 Å². The zero-order chi connectivity index (χ0) is 15.2. The van der Waals surface area contributed by atoms with Gasteiger partial charge in [-0.1, -0.05) is 0 Å². The molecule has 2 aliphatic rings. The Morgan fingerprint density at radius 2 is 1.85 bits per heavy atom. The number of nitrogens with zero attached hydrogens (tertiary/aromatic N) is 1. The van der Waals surface area contributed by atoms with Crippen molar-refractivity contribution in [1.29, 1.82) is 0 Å². The lowest BCUT2D eigenvalue weighted by Crippen LogP contribution is -2.58. The zero-order valence-corrected chi connectivity index (χ0v) is 12.9. The van der Waals surface area contributed by atoms with Crippen LogP contribution in [0.2, 0.25) is 0 Å². The Labute approximate surface area is 120 Å². The minimum Gasteiger partial charge on any atom is -0.481 e. The standard InChI is InChI=1S/C15H25NO4/c1-13(2,3)20-12(19)16-7-5-6-15(10-16)8-14(4,9-15)11(17)18/h5-10H2,1-4H3,(H,17,18). The Morgan fingerprint density at radius 1 is 1.25 bits per heavy atom. The quantitative estimate of drug-likeness (QED) is 0.803. The molecule has 5 nitrogen and oxygen atoms in total. The molecule has 1 spiro atoms.